The summed E-state index contributed by atoms with van der Waals surface area (Å²) in [6.45, 7) is 1.58. The highest BCUT2D eigenvalue weighted by Crippen LogP contribution is 2.30. The Kier molecular flexibility index (Phi) is 4.73. The molecule has 1 aromatic rings. The predicted octanol–water partition coefficient (Wildman–Crippen LogP) is 2.93. The largest absolute Gasteiger partial charge is 0.377 e. The van der Waals surface area contributed by atoms with E-state index >= 15 is 0 Å². The third-order valence-electron chi connectivity index (χ3n) is 3.35. The number of anilines is 1. The summed E-state index contributed by atoms with van der Waals surface area (Å²) < 4.78 is 10.9. The number of hydrogen-bond acceptors (Lipinski definition) is 3. The number of rotatable bonds is 4. The van der Waals surface area contributed by atoms with Crippen LogP contribution in [-0.4, -0.2) is 39.5 Å². The Morgan fingerprint density at radius 2 is 1.83 bits per heavy atom. The van der Waals surface area contributed by atoms with Gasteiger partial charge in [-0.25, -0.2) is 0 Å². The van der Waals surface area contributed by atoms with Crippen molar-refractivity contribution in [3.05, 3.63) is 28.8 Å². The van der Waals surface area contributed by atoms with E-state index in [0.29, 0.717) is 10.9 Å². The lowest BCUT2D eigenvalue weighted by molar-refractivity contribution is -0.00461. The van der Waals surface area contributed by atoms with Gasteiger partial charge >= 0.3 is 0 Å². The van der Waals surface area contributed by atoms with Gasteiger partial charge in [0.1, 0.15) is 12.2 Å². The number of halogens is 2. The first-order chi connectivity index (χ1) is 8.69. The smallest absolute Gasteiger partial charge is 0.102 e. The van der Waals surface area contributed by atoms with E-state index in [1.165, 1.54) is 0 Å². The molecule has 0 N–H and O–H groups in total. The minimum absolute atomic E-state index is 0.0807. The van der Waals surface area contributed by atoms with Crippen molar-refractivity contribution in [3.63, 3.8) is 0 Å². The maximum atomic E-state index is 6.06. The molecule has 0 amide bonds. The summed E-state index contributed by atoms with van der Waals surface area (Å²) in [5.74, 6) is 0.471. The second-order valence-electron chi connectivity index (χ2n) is 4.36. The van der Waals surface area contributed by atoms with E-state index in [2.05, 4.69) is 4.90 Å². The molecule has 18 heavy (non-hydrogen) atoms. The summed E-state index contributed by atoms with van der Waals surface area (Å²) >= 11 is 12.0. The molecule has 1 fully saturated rings. The Morgan fingerprint density at radius 1 is 1.22 bits per heavy atom. The van der Waals surface area contributed by atoms with E-state index < -0.39 is 0 Å². The standard InChI is InChI=1S/C13H17Cl2NO2/c1-17-12-7-16(8-13(12)18-2)11-5-10(15)4-3-9(11)6-14/h3-5,12-13H,6-8H2,1-2H3. The van der Waals surface area contributed by atoms with Gasteiger partial charge in [-0.15, -0.1) is 11.6 Å². The number of benzene rings is 1. The van der Waals surface area contributed by atoms with Crippen LogP contribution in [-0.2, 0) is 15.4 Å². The molecule has 1 aromatic carbocycles. The van der Waals surface area contributed by atoms with Gasteiger partial charge < -0.3 is 14.4 Å². The second kappa shape index (κ2) is 6.11. The zero-order chi connectivity index (χ0) is 13.1. The minimum Gasteiger partial charge on any atom is -0.377 e. The van der Waals surface area contributed by atoms with Gasteiger partial charge in [-0.2, -0.15) is 0 Å². The molecule has 0 bridgehead atoms. The fourth-order valence-corrected chi connectivity index (χ4v) is 2.73. The molecule has 1 aliphatic heterocycles. The maximum Gasteiger partial charge on any atom is 0.102 e. The van der Waals surface area contributed by atoms with Crippen LogP contribution in [0.1, 0.15) is 5.56 Å². The fraction of sp³-hybridized carbons (Fsp3) is 0.538. The molecule has 1 heterocycles. The van der Waals surface area contributed by atoms with Crippen molar-refractivity contribution in [2.45, 2.75) is 18.1 Å². The van der Waals surface area contributed by atoms with Gasteiger partial charge in [0.25, 0.3) is 0 Å². The van der Waals surface area contributed by atoms with Crippen LogP contribution in [0.2, 0.25) is 5.02 Å². The molecule has 0 aliphatic carbocycles. The predicted molar refractivity (Wildman–Crippen MR) is 74.8 cm³/mol. The molecule has 0 saturated carbocycles. The van der Waals surface area contributed by atoms with Crippen molar-refractivity contribution < 1.29 is 9.47 Å². The summed E-state index contributed by atoms with van der Waals surface area (Å²) in [4.78, 5) is 2.21. The Bertz CT molecular complexity index is 402. The zero-order valence-electron chi connectivity index (χ0n) is 10.5. The van der Waals surface area contributed by atoms with Crippen LogP contribution in [0.4, 0.5) is 5.69 Å². The molecule has 100 valence electrons. The summed E-state index contributed by atoms with van der Waals surface area (Å²) in [5.41, 5.74) is 2.15. The van der Waals surface area contributed by atoms with E-state index in [1.807, 2.05) is 18.2 Å². The first kappa shape index (κ1) is 13.9. The average molecular weight is 290 g/mol. The van der Waals surface area contributed by atoms with Crippen LogP contribution in [0, 0.1) is 0 Å². The molecular formula is C13H17Cl2NO2. The van der Waals surface area contributed by atoms with Crippen LogP contribution < -0.4 is 4.90 Å². The summed E-state index contributed by atoms with van der Waals surface area (Å²) in [6, 6.07) is 5.77. The maximum absolute atomic E-state index is 6.06. The van der Waals surface area contributed by atoms with E-state index in [9.17, 15) is 0 Å². The number of ether oxygens (including phenoxy) is 2. The van der Waals surface area contributed by atoms with Crippen molar-refractivity contribution in [2.24, 2.45) is 0 Å². The molecule has 1 saturated heterocycles. The number of methoxy groups -OCH3 is 2. The first-order valence-electron chi connectivity index (χ1n) is 5.84. The van der Waals surface area contributed by atoms with Crippen molar-refractivity contribution in [3.8, 4) is 0 Å². The van der Waals surface area contributed by atoms with Gasteiger partial charge in [-0.05, 0) is 17.7 Å². The molecule has 0 aromatic heterocycles. The lowest BCUT2D eigenvalue weighted by Gasteiger charge is -2.21. The van der Waals surface area contributed by atoms with Crippen molar-refractivity contribution in [1.82, 2.24) is 0 Å². The van der Waals surface area contributed by atoms with Gasteiger partial charge in [0, 0.05) is 43.9 Å². The van der Waals surface area contributed by atoms with E-state index in [4.69, 9.17) is 32.7 Å². The van der Waals surface area contributed by atoms with Crippen LogP contribution in [0.5, 0.6) is 0 Å². The third-order valence-corrected chi connectivity index (χ3v) is 3.88. The summed E-state index contributed by atoms with van der Waals surface area (Å²) in [5, 5.41) is 0.716. The highest BCUT2D eigenvalue weighted by atomic mass is 35.5. The fourth-order valence-electron chi connectivity index (χ4n) is 2.34. The monoisotopic (exact) mass is 289 g/mol. The second-order valence-corrected chi connectivity index (χ2v) is 5.06. The highest BCUT2D eigenvalue weighted by molar-refractivity contribution is 6.31. The lowest BCUT2D eigenvalue weighted by atomic mass is 10.2. The number of hydrogen-bond donors (Lipinski definition) is 0. The molecule has 2 rings (SSSR count). The van der Waals surface area contributed by atoms with Crippen LogP contribution in [0.25, 0.3) is 0 Å². The topological polar surface area (TPSA) is 21.7 Å². The van der Waals surface area contributed by atoms with Crippen LogP contribution >= 0.6 is 23.2 Å². The van der Waals surface area contributed by atoms with E-state index in [0.717, 1.165) is 24.3 Å². The van der Waals surface area contributed by atoms with Crippen LogP contribution in [0.3, 0.4) is 0 Å². The van der Waals surface area contributed by atoms with Gasteiger partial charge in [-0.1, -0.05) is 17.7 Å². The average Bonchev–Trinajstić information content (AvgIpc) is 2.81. The Morgan fingerprint density at radius 3 is 2.33 bits per heavy atom. The lowest BCUT2D eigenvalue weighted by Crippen LogP contribution is -2.27. The SMILES string of the molecule is COC1CN(c2cc(Cl)ccc2CCl)CC1OC. The first-order valence-corrected chi connectivity index (χ1v) is 6.75. The molecule has 0 spiro atoms. The Labute approximate surface area is 118 Å². The zero-order valence-corrected chi connectivity index (χ0v) is 12.0. The molecule has 3 nitrogen and oxygen atoms in total. The van der Waals surface area contributed by atoms with E-state index in [1.54, 1.807) is 14.2 Å². The highest BCUT2D eigenvalue weighted by Gasteiger charge is 2.33. The van der Waals surface area contributed by atoms with Crippen molar-refractivity contribution >= 4 is 28.9 Å². The van der Waals surface area contributed by atoms with Gasteiger partial charge in [-0.3, -0.25) is 0 Å². The van der Waals surface area contributed by atoms with E-state index in [-0.39, 0.29) is 12.2 Å². The normalized spacial score (nSPS) is 23.7. The number of nitrogens with zero attached hydrogens (tertiary/aromatic N) is 1. The quantitative estimate of drug-likeness (QED) is 0.796. The van der Waals surface area contributed by atoms with Gasteiger partial charge in [0.05, 0.1) is 0 Å². The summed E-state index contributed by atoms with van der Waals surface area (Å²) in [7, 11) is 3.42. The molecule has 0 radical (unpaired) electrons. The Hall–Kier alpha value is -0.480. The molecule has 2 unspecified atom stereocenters. The number of alkyl halides is 1. The minimum atomic E-state index is 0.0807. The van der Waals surface area contributed by atoms with Crippen molar-refractivity contribution in [1.29, 1.82) is 0 Å². The molecule has 2 atom stereocenters. The molecular weight excluding hydrogens is 273 g/mol. The third kappa shape index (κ3) is 2.75. The van der Waals surface area contributed by atoms with Gasteiger partial charge in [0.15, 0.2) is 0 Å². The molecule has 5 heteroatoms. The van der Waals surface area contributed by atoms with Crippen LogP contribution in [0.15, 0.2) is 18.2 Å². The van der Waals surface area contributed by atoms with Crippen molar-refractivity contribution in [2.75, 3.05) is 32.2 Å². The Balaban J connectivity index is 2.24. The molecule has 1 aliphatic rings. The van der Waals surface area contributed by atoms with Gasteiger partial charge in [0.2, 0.25) is 0 Å². The summed E-state index contributed by atoms with van der Waals surface area (Å²) in [6.07, 6.45) is 0.161.